The van der Waals surface area contributed by atoms with Gasteiger partial charge in [-0.1, -0.05) is 30.3 Å². The Bertz CT molecular complexity index is 1150. The standard InChI is InChI=1S/C22H20F2N2O4S/c1-30-18-8-10-19(11-9-18)31(28,29)26(14-16-5-3-2-4-6-16)15-22(27)25-21-13-17(23)7-12-20(21)24/h2-13H,14-15H2,1H3,(H,25,27). The molecule has 0 radical (unpaired) electrons. The molecule has 3 aromatic rings. The number of benzene rings is 3. The minimum absolute atomic E-state index is 0.0334. The number of nitrogens with zero attached hydrogens (tertiary/aromatic N) is 1. The number of hydrogen-bond acceptors (Lipinski definition) is 4. The SMILES string of the molecule is COc1ccc(S(=O)(=O)N(CC(=O)Nc2cc(F)ccc2F)Cc2ccccc2)cc1. The first kappa shape index (κ1) is 22.4. The molecular formula is C22H20F2N2O4S. The van der Waals surface area contributed by atoms with Crippen molar-refractivity contribution >= 4 is 21.6 Å². The van der Waals surface area contributed by atoms with E-state index in [-0.39, 0.29) is 17.1 Å². The number of carbonyl (C=O) groups is 1. The number of amides is 1. The number of methoxy groups -OCH3 is 1. The Morgan fingerprint density at radius 3 is 2.32 bits per heavy atom. The van der Waals surface area contributed by atoms with Crippen molar-refractivity contribution in [2.45, 2.75) is 11.4 Å². The highest BCUT2D eigenvalue weighted by molar-refractivity contribution is 7.89. The molecule has 0 unspecified atom stereocenters. The van der Waals surface area contributed by atoms with Crippen LogP contribution in [0.4, 0.5) is 14.5 Å². The number of carbonyl (C=O) groups excluding carboxylic acids is 1. The molecule has 0 saturated heterocycles. The van der Waals surface area contributed by atoms with Gasteiger partial charge in [0.15, 0.2) is 0 Å². The van der Waals surface area contributed by atoms with E-state index in [9.17, 15) is 22.0 Å². The van der Waals surface area contributed by atoms with Gasteiger partial charge in [0.25, 0.3) is 0 Å². The normalized spacial score (nSPS) is 11.4. The fourth-order valence-electron chi connectivity index (χ4n) is 2.85. The summed E-state index contributed by atoms with van der Waals surface area (Å²) in [6.07, 6.45) is 0. The molecule has 0 aromatic heterocycles. The lowest BCUT2D eigenvalue weighted by Crippen LogP contribution is -2.37. The van der Waals surface area contributed by atoms with E-state index in [2.05, 4.69) is 5.32 Å². The van der Waals surface area contributed by atoms with E-state index in [1.165, 1.54) is 31.4 Å². The lowest BCUT2D eigenvalue weighted by Gasteiger charge is -2.22. The lowest BCUT2D eigenvalue weighted by molar-refractivity contribution is -0.116. The van der Waals surface area contributed by atoms with Gasteiger partial charge in [-0.3, -0.25) is 4.79 Å². The van der Waals surface area contributed by atoms with E-state index >= 15 is 0 Å². The van der Waals surface area contributed by atoms with Crippen LogP contribution in [0.25, 0.3) is 0 Å². The van der Waals surface area contributed by atoms with E-state index in [1.807, 2.05) is 0 Å². The van der Waals surface area contributed by atoms with Crippen LogP contribution in [0.15, 0.2) is 77.7 Å². The van der Waals surface area contributed by atoms with Crippen LogP contribution in [-0.2, 0) is 21.4 Å². The summed E-state index contributed by atoms with van der Waals surface area (Å²) in [4.78, 5) is 12.5. The average Bonchev–Trinajstić information content (AvgIpc) is 2.76. The predicted molar refractivity (Wildman–Crippen MR) is 112 cm³/mol. The molecule has 3 aromatic carbocycles. The first-order valence-corrected chi connectivity index (χ1v) is 10.7. The molecule has 1 amide bonds. The number of nitrogens with one attached hydrogen (secondary N) is 1. The van der Waals surface area contributed by atoms with Crippen LogP contribution < -0.4 is 10.1 Å². The molecule has 0 saturated carbocycles. The molecular weight excluding hydrogens is 426 g/mol. The predicted octanol–water partition coefficient (Wildman–Crippen LogP) is 3.80. The molecule has 162 valence electrons. The Labute approximate surface area is 179 Å². The number of anilines is 1. The lowest BCUT2D eigenvalue weighted by atomic mass is 10.2. The monoisotopic (exact) mass is 446 g/mol. The van der Waals surface area contributed by atoms with Crippen LogP contribution in [0.2, 0.25) is 0 Å². The second kappa shape index (κ2) is 9.67. The van der Waals surface area contributed by atoms with Gasteiger partial charge in [-0.05, 0) is 42.0 Å². The zero-order chi connectivity index (χ0) is 22.4. The first-order chi connectivity index (χ1) is 14.8. The van der Waals surface area contributed by atoms with E-state index in [0.717, 1.165) is 22.5 Å². The summed E-state index contributed by atoms with van der Waals surface area (Å²) in [5, 5.41) is 2.23. The molecule has 1 N–H and O–H groups in total. The minimum atomic E-state index is -4.08. The van der Waals surface area contributed by atoms with Gasteiger partial charge < -0.3 is 10.1 Å². The molecule has 6 nitrogen and oxygen atoms in total. The summed E-state index contributed by atoms with van der Waals surface area (Å²) in [6, 6.07) is 17.1. The van der Waals surface area contributed by atoms with Gasteiger partial charge in [-0.15, -0.1) is 0 Å². The molecule has 31 heavy (non-hydrogen) atoms. The van der Waals surface area contributed by atoms with Gasteiger partial charge >= 0.3 is 0 Å². The number of halogens is 2. The third-order valence-corrected chi connectivity index (χ3v) is 6.23. The zero-order valence-corrected chi connectivity index (χ0v) is 17.4. The third-order valence-electron chi connectivity index (χ3n) is 4.42. The second-order valence-corrected chi connectivity index (χ2v) is 8.54. The zero-order valence-electron chi connectivity index (χ0n) is 16.6. The van der Waals surface area contributed by atoms with Gasteiger partial charge in [0.2, 0.25) is 15.9 Å². The first-order valence-electron chi connectivity index (χ1n) is 9.22. The molecule has 0 atom stereocenters. The van der Waals surface area contributed by atoms with Crippen LogP contribution in [0.1, 0.15) is 5.56 Å². The van der Waals surface area contributed by atoms with Crippen LogP contribution in [-0.4, -0.2) is 32.3 Å². The van der Waals surface area contributed by atoms with Crippen LogP contribution in [0.3, 0.4) is 0 Å². The summed E-state index contributed by atoms with van der Waals surface area (Å²) < 4.78 is 59.7. The maximum Gasteiger partial charge on any atom is 0.243 e. The molecule has 0 heterocycles. The molecule has 0 aliphatic rings. The number of rotatable bonds is 8. The minimum Gasteiger partial charge on any atom is -0.497 e. The quantitative estimate of drug-likeness (QED) is 0.571. The molecule has 0 bridgehead atoms. The fraction of sp³-hybridized carbons (Fsp3) is 0.136. The number of ether oxygens (including phenoxy) is 1. The average molecular weight is 446 g/mol. The van der Waals surface area contributed by atoms with Crippen molar-refractivity contribution in [1.82, 2.24) is 4.31 Å². The maximum absolute atomic E-state index is 13.9. The van der Waals surface area contributed by atoms with Crippen LogP contribution >= 0.6 is 0 Å². The van der Waals surface area contributed by atoms with Crippen molar-refractivity contribution in [3.05, 3.63) is 90.0 Å². The number of sulfonamides is 1. The maximum atomic E-state index is 13.9. The molecule has 9 heteroatoms. The highest BCUT2D eigenvalue weighted by Gasteiger charge is 2.27. The van der Waals surface area contributed by atoms with Crippen molar-refractivity contribution in [2.75, 3.05) is 19.0 Å². The summed E-state index contributed by atoms with van der Waals surface area (Å²) in [6.45, 7) is -0.687. The Kier molecular flexibility index (Phi) is 6.98. The Balaban J connectivity index is 1.88. The molecule has 0 aliphatic heterocycles. The summed E-state index contributed by atoms with van der Waals surface area (Å²) in [5.74, 6) is -1.89. The molecule has 0 aliphatic carbocycles. The van der Waals surface area contributed by atoms with Gasteiger partial charge in [-0.25, -0.2) is 17.2 Å². The van der Waals surface area contributed by atoms with Crippen molar-refractivity contribution < 1.29 is 26.7 Å². The van der Waals surface area contributed by atoms with E-state index < -0.39 is 34.1 Å². The van der Waals surface area contributed by atoms with E-state index in [0.29, 0.717) is 11.3 Å². The Morgan fingerprint density at radius 1 is 1.00 bits per heavy atom. The van der Waals surface area contributed by atoms with Gasteiger partial charge in [-0.2, -0.15) is 4.31 Å². The molecule has 0 spiro atoms. The van der Waals surface area contributed by atoms with E-state index in [1.54, 1.807) is 30.3 Å². The molecule has 0 fully saturated rings. The van der Waals surface area contributed by atoms with E-state index in [4.69, 9.17) is 4.74 Å². The third kappa shape index (κ3) is 5.65. The van der Waals surface area contributed by atoms with Crippen molar-refractivity contribution in [3.63, 3.8) is 0 Å². The Morgan fingerprint density at radius 2 is 1.68 bits per heavy atom. The van der Waals surface area contributed by atoms with Gasteiger partial charge in [0.05, 0.1) is 24.2 Å². The topological polar surface area (TPSA) is 75.7 Å². The summed E-state index contributed by atoms with van der Waals surface area (Å²) >= 11 is 0. The second-order valence-electron chi connectivity index (χ2n) is 6.61. The highest BCUT2D eigenvalue weighted by atomic mass is 32.2. The molecule has 3 rings (SSSR count). The van der Waals surface area contributed by atoms with Crippen molar-refractivity contribution in [3.8, 4) is 5.75 Å². The van der Waals surface area contributed by atoms with Crippen LogP contribution in [0, 0.1) is 11.6 Å². The number of hydrogen-bond donors (Lipinski definition) is 1. The summed E-state index contributed by atoms with van der Waals surface area (Å²) in [7, 11) is -2.62. The van der Waals surface area contributed by atoms with Gasteiger partial charge in [0, 0.05) is 12.6 Å². The highest BCUT2D eigenvalue weighted by Crippen LogP contribution is 2.22. The smallest absolute Gasteiger partial charge is 0.243 e. The Hall–Kier alpha value is -3.30. The largest absolute Gasteiger partial charge is 0.497 e. The van der Waals surface area contributed by atoms with Gasteiger partial charge in [0.1, 0.15) is 17.4 Å². The summed E-state index contributed by atoms with van der Waals surface area (Å²) in [5.41, 5.74) is 0.288. The van der Waals surface area contributed by atoms with Crippen molar-refractivity contribution in [2.24, 2.45) is 0 Å². The van der Waals surface area contributed by atoms with Crippen molar-refractivity contribution in [1.29, 1.82) is 0 Å². The van der Waals surface area contributed by atoms with Crippen LogP contribution in [0.5, 0.6) is 5.75 Å². The fourth-order valence-corrected chi connectivity index (χ4v) is 4.24.